The van der Waals surface area contributed by atoms with Gasteiger partial charge in [-0.3, -0.25) is 4.79 Å². The van der Waals surface area contributed by atoms with E-state index < -0.39 is 0 Å². The fourth-order valence-corrected chi connectivity index (χ4v) is 1.42. The SMILES string of the molecule is C=C=CC(C)CCC(=O)OCCCCCC. The van der Waals surface area contributed by atoms with Gasteiger partial charge in [-0.2, -0.15) is 0 Å². The lowest BCUT2D eigenvalue weighted by molar-refractivity contribution is -0.144. The Labute approximate surface area is 99.4 Å². The molecule has 0 aromatic rings. The monoisotopic (exact) mass is 224 g/mol. The van der Waals surface area contributed by atoms with E-state index in [0.717, 1.165) is 19.3 Å². The van der Waals surface area contributed by atoms with Gasteiger partial charge in [0.2, 0.25) is 0 Å². The Balaban J connectivity index is 3.41. The standard InChI is InChI=1S/C14H24O2/c1-4-6-7-8-12-16-14(15)11-10-13(3)9-5-2/h9,13H,2,4,6-8,10-12H2,1,3H3. The maximum atomic E-state index is 11.3. The minimum absolute atomic E-state index is 0.0826. The summed E-state index contributed by atoms with van der Waals surface area (Å²) < 4.78 is 5.13. The molecule has 0 fully saturated rings. The first-order valence-electron chi connectivity index (χ1n) is 6.22. The quantitative estimate of drug-likeness (QED) is 0.337. The summed E-state index contributed by atoms with van der Waals surface area (Å²) >= 11 is 0. The number of carbonyl (C=O) groups excluding carboxylic acids is 1. The van der Waals surface area contributed by atoms with Crippen LogP contribution in [0, 0.1) is 5.92 Å². The van der Waals surface area contributed by atoms with Crippen LogP contribution in [0.5, 0.6) is 0 Å². The van der Waals surface area contributed by atoms with Gasteiger partial charge >= 0.3 is 5.97 Å². The molecule has 0 amide bonds. The first-order chi connectivity index (χ1) is 7.70. The topological polar surface area (TPSA) is 26.3 Å². The average molecular weight is 224 g/mol. The van der Waals surface area contributed by atoms with Crippen molar-refractivity contribution in [1.29, 1.82) is 0 Å². The molecule has 0 saturated heterocycles. The highest BCUT2D eigenvalue weighted by atomic mass is 16.5. The van der Waals surface area contributed by atoms with E-state index in [-0.39, 0.29) is 5.97 Å². The van der Waals surface area contributed by atoms with Gasteiger partial charge in [-0.25, -0.2) is 0 Å². The van der Waals surface area contributed by atoms with Crippen LogP contribution in [-0.4, -0.2) is 12.6 Å². The Morgan fingerprint density at radius 3 is 2.81 bits per heavy atom. The molecule has 16 heavy (non-hydrogen) atoms. The first kappa shape index (κ1) is 15.0. The zero-order chi connectivity index (χ0) is 12.2. The van der Waals surface area contributed by atoms with Crippen molar-refractivity contribution in [3.8, 4) is 0 Å². The van der Waals surface area contributed by atoms with E-state index in [0.29, 0.717) is 18.9 Å². The van der Waals surface area contributed by atoms with Gasteiger partial charge < -0.3 is 4.74 Å². The lowest BCUT2D eigenvalue weighted by atomic mass is 10.1. The van der Waals surface area contributed by atoms with Crippen molar-refractivity contribution in [2.45, 2.75) is 52.4 Å². The second-order valence-electron chi connectivity index (χ2n) is 4.17. The molecular formula is C14H24O2. The summed E-state index contributed by atoms with van der Waals surface area (Å²) in [7, 11) is 0. The van der Waals surface area contributed by atoms with Gasteiger partial charge in [0.05, 0.1) is 6.61 Å². The molecule has 1 atom stereocenters. The van der Waals surface area contributed by atoms with Crippen LogP contribution in [0.2, 0.25) is 0 Å². The van der Waals surface area contributed by atoms with Gasteiger partial charge in [0.25, 0.3) is 0 Å². The highest BCUT2D eigenvalue weighted by Crippen LogP contribution is 2.07. The molecule has 0 aliphatic heterocycles. The van der Waals surface area contributed by atoms with E-state index in [1.807, 2.05) is 13.0 Å². The summed E-state index contributed by atoms with van der Waals surface area (Å²) in [6.07, 6.45) is 7.76. The van der Waals surface area contributed by atoms with Gasteiger partial charge in [-0.1, -0.05) is 39.7 Å². The lowest BCUT2D eigenvalue weighted by Crippen LogP contribution is -2.07. The maximum Gasteiger partial charge on any atom is 0.305 e. The average Bonchev–Trinajstić information content (AvgIpc) is 2.26. The number of hydrogen-bond donors (Lipinski definition) is 0. The third-order valence-electron chi connectivity index (χ3n) is 2.47. The zero-order valence-electron chi connectivity index (χ0n) is 10.6. The highest BCUT2D eigenvalue weighted by molar-refractivity contribution is 5.69. The molecule has 0 heterocycles. The third-order valence-corrected chi connectivity index (χ3v) is 2.47. The second-order valence-corrected chi connectivity index (χ2v) is 4.17. The molecule has 1 unspecified atom stereocenters. The molecule has 92 valence electrons. The van der Waals surface area contributed by atoms with Crippen LogP contribution >= 0.6 is 0 Å². The molecule has 0 rings (SSSR count). The molecule has 0 aliphatic rings. The van der Waals surface area contributed by atoms with Gasteiger partial charge in [0.1, 0.15) is 0 Å². The summed E-state index contributed by atoms with van der Waals surface area (Å²) in [5.74, 6) is 0.269. The highest BCUT2D eigenvalue weighted by Gasteiger charge is 2.05. The fraction of sp³-hybridized carbons (Fsp3) is 0.714. The Bertz CT molecular complexity index is 227. The molecule has 0 bridgehead atoms. The molecule has 0 saturated carbocycles. The molecule has 0 radical (unpaired) electrons. The summed E-state index contributed by atoms with van der Waals surface area (Å²) in [5.41, 5.74) is 2.73. The normalized spacial score (nSPS) is 11.6. The van der Waals surface area contributed by atoms with Crippen LogP contribution in [0.25, 0.3) is 0 Å². The van der Waals surface area contributed by atoms with Crippen molar-refractivity contribution >= 4 is 5.97 Å². The predicted molar refractivity (Wildman–Crippen MR) is 67.2 cm³/mol. The van der Waals surface area contributed by atoms with Crippen molar-refractivity contribution < 1.29 is 9.53 Å². The van der Waals surface area contributed by atoms with Crippen LogP contribution in [0.4, 0.5) is 0 Å². The van der Waals surface area contributed by atoms with E-state index in [1.54, 1.807) is 0 Å². The van der Waals surface area contributed by atoms with Crippen LogP contribution < -0.4 is 0 Å². The lowest BCUT2D eigenvalue weighted by Gasteiger charge is -2.06. The van der Waals surface area contributed by atoms with Crippen molar-refractivity contribution in [2.24, 2.45) is 5.92 Å². The number of carbonyl (C=O) groups is 1. The summed E-state index contributed by atoms with van der Waals surface area (Å²) in [6, 6.07) is 0. The number of hydrogen-bond acceptors (Lipinski definition) is 2. The Hall–Kier alpha value is -1.01. The number of ether oxygens (including phenoxy) is 1. The van der Waals surface area contributed by atoms with Gasteiger partial charge in [0.15, 0.2) is 0 Å². The van der Waals surface area contributed by atoms with E-state index >= 15 is 0 Å². The smallest absolute Gasteiger partial charge is 0.305 e. The van der Waals surface area contributed by atoms with Gasteiger partial charge in [-0.05, 0) is 24.8 Å². The summed E-state index contributed by atoms with van der Waals surface area (Å²) in [6.45, 7) is 8.30. The van der Waals surface area contributed by atoms with E-state index in [9.17, 15) is 4.79 Å². The zero-order valence-corrected chi connectivity index (χ0v) is 10.6. The van der Waals surface area contributed by atoms with Crippen LogP contribution in [0.3, 0.4) is 0 Å². The van der Waals surface area contributed by atoms with E-state index in [4.69, 9.17) is 4.74 Å². The number of rotatable bonds is 9. The molecule has 0 spiro atoms. The fourth-order valence-electron chi connectivity index (χ4n) is 1.42. The predicted octanol–water partition coefficient (Wildman–Crippen LogP) is 3.87. The minimum Gasteiger partial charge on any atom is -0.466 e. The van der Waals surface area contributed by atoms with Gasteiger partial charge in [-0.15, -0.1) is 5.73 Å². The molecule has 0 N–H and O–H groups in total. The number of unbranched alkanes of at least 4 members (excludes halogenated alkanes) is 3. The van der Waals surface area contributed by atoms with E-state index in [1.165, 1.54) is 12.8 Å². The molecular weight excluding hydrogens is 200 g/mol. The van der Waals surface area contributed by atoms with E-state index in [2.05, 4.69) is 19.2 Å². The van der Waals surface area contributed by atoms with Crippen molar-refractivity contribution in [1.82, 2.24) is 0 Å². The van der Waals surface area contributed by atoms with Crippen LogP contribution in [0.1, 0.15) is 52.4 Å². The molecule has 2 heteroatoms. The largest absolute Gasteiger partial charge is 0.466 e. The van der Waals surface area contributed by atoms with Crippen LogP contribution in [0.15, 0.2) is 18.4 Å². The number of esters is 1. The Kier molecular flexibility index (Phi) is 9.84. The van der Waals surface area contributed by atoms with Crippen molar-refractivity contribution in [3.63, 3.8) is 0 Å². The summed E-state index contributed by atoms with van der Waals surface area (Å²) in [5, 5.41) is 0. The molecule has 0 aromatic heterocycles. The third kappa shape index (κ3) is 9.54. The van der Waals surface area contributed by atoms with Crippen molar-refractivity contribution in [2.75, 3.05) is 6.61 Å². The maximum absolute atomic E-state index is 11.3. The van der Waals surface area contributed by atoms with Crippen LogP contribution in [-0.2, 0) is 9.53 Å². The Morgan fingerprint density at radius 2 is 2.19 bits per heavy atom. The first-order valence-corrected chi connectivity index (χ1v) is 6.22. The summed E-state index contributed by atoms with van der Waals surface area (Å²) in [4.78, 5) is 11.3. The van der Waals surface area contributed by atoms with Gasteiger partial charge in [0, 0.05) is 6.42 Å². The Morgan fingerprint density at radius 1 is 1.44 bits per heavy atom. The van der Waals surface area contributed by atoms with Crippen molar-refractivity contribution in [3.05, 3.63) is 18.4 Å². The second kappa shape index (κ2) is 10.5. The number of allylic oxidation sites excluding steroid dienone is 1. The molecule has 0 aliphatic carbocycles. The molecule has 0 aromatic carbocycles. The molecule has 2 nitrogen and oxygen atoms in total. The minimum atomic E-state index is -0.0826.